The highest BCUT2D eigenvalue weighted by molar-refractivity contribution is 7.89. The first-order valence-corrected chi connectivity index (χ1v) is 14.8. The van der Waals surface area contributed by atoms with Gasteiger partial charge in [0.25, 0.3) is 0 Å². The van der Waals surface area contributed by atoms with Gasteiger partial charge in [0, 0.05) is 45.3 Å². The summed E-state index contributed by atoms with van der Waals surface area (Å²) in [5.74, 6) is -2.36. The molecule has 2 heterocycles. The van der Waals surface area contributed by atoms with Crippen LogP contribution in [0.2, 0.25) is 0 Å². The summed E-state index contributed by atoms with van der Waals surface area (Å²) in [6, 6.07) is 7.64. The van der Waals surface area contributed by atoms with Crippen LogP contribution in [0.4, 0.5) is 13.2 Å². The number of carboxylic acids is 1. The summed E-state index contributed by atoms with van der Waals surface area (Å²) in [4.78, 5) is 26.2. The Balaban J connectivity index is 0.000000673. The number of alkyl halides is 3. The molecule has 39 heavy (non-hydrogen) atoms. The molecule has 1 atom stereocenters. The van der Waals surface area contributed by atoms with Crippen LogP contribution in [-0.4, -0.2) is 104 Å². The topological polar surface area (TPSA) is 110 Å². The van der Waals surface area contributed by atoms with Crippen molar-refractivity contribution in [2.45, 2.75) is 63.6 Å². The first-order valence-electron chi connectivity index (χ1n) is 13.3. The monoisotopic (exact) mass is 578 g/mol. The Hall–Kier alpha value is -2.22. The van der Waals surface area contributed by atoms with Gasteiger partial charge in [-0.3, -0.25) is 9.69 Å². The first-order chi connectivity index (χ1) is 18.2. The Kier molecular flexibility index (Phi) is 12.7. The number of carbonyl (C=O) groups is 2. The molecule has 2 N–H and O–H groups in total. The molecule has 2 aliphatic heterocycles. The maximum atomic E-state index is 13.6. The number of sulfonamides is 1. The van der Waals surface area contributed by atoms with E-state index in [2.05, 4.69) is 31.0 Å². The molecule has 9 nitrogen and oxygen atoms in total. The number of carboxylic acid groups (broad SMARTS) is 1. The number of nitrogens with one attached hydrogen (secondary N) is 1. The molecule has 0 bridgehead atoms. The van der Waals surface area contributed by atoms with Crippen molar-refractivity contribution < 1.29 is 36.3 Å². The van der Waals surface area contributed by atoms with Gasteiger partial charge in [-0.25, -0.2) is 13.2 Å². The third kappa shape index (κ3) is 10.7. The van der Waals surface area contributed by atoms with Crippen molar-refractivity contribution in [3.63, 3.8) is 0 Å². The fraction of sp³-hybridized carbons (Fsp3) is 0.692. The van der Waals surface area contributed by atoms with Crippen molar-refractivity contribution >= 4 is 21.9 Å². The highest BCUT2D eigenvalue weighted by Gasteiger charge is 2.38. The Labute approximate surface area is 229 Å². The van der Waals surface area contributed by atoms with Crippen molar-refractivity contribution in [3.05, 3.63) is 29.8 Å². The molecule has 1 amide bonds. The van der Waals surface area contributed by atoms with E-state index in [0.29, 0.717) is 38.1 Å². The minimum Gasteiger partial charge on any atom is -0.475 e. The average Bonchev–Trinajstić information content (AvgIpc) is 2.87. The minimum absolute atomic E-state index is 0.0989. The smallest absolute Gasteiger partial charge is 0.475 e. The highest BCUT2D eigenvalue weighted by atomic mass is 32.2. The van der Waals surface area contributed by atoms with Crippen LogP contribution in [0.3, 0.4) is 0 Å². The molecule has 3 rings (SSSR count). The van der Waals surface area contributed by atoms with Crippen molar-refractivity contribution in [1.29, 1.82) is 0 Å². The van der Waals surface area contributed by atoms with Crippen molar-refractivity contribution in [1.82, 2.24) is 19.4 Å². The molecule has 2 fully saturated rings. The van der Waals surface area contributed by atoms with E-state index in [1.54, 1.807) is 17.0 Å². The minimum atomic E-state index is -5.08. The van der Waals surface area contributed by atoms with Gasteiger partial charge in [-0.15, -0.1) is 0 Å². The van der Waals surface area contributed by atoms with E-state index in [4.69, 9.17) is 9.90 Å². The number of nitrogens with zero attached hydrogens (tertiary/aromatic N) is 3. The zero-order chi connectivity index (χ0) is 29.2. The van der Waals surface area contributed by atoms with Gasteiger partial charge in [0.05, 0.1) is 11.4 Å². The summed E-state index contributed by atoms with van der Waals surface area (Å²) in [5, 5.41) is 10.4. The number of benzene rings is 1. The second-order valence-corrected chi connectivity index (χ2v) is 12.3. The van der Waals surface area contributed by atoms with Gasteiger partial charge in [0.2, 0.25) is 15.9 Å². The van der Waals surface area contributed by atoms with E-state index in [0.717, 1.165) is 44.5 Å². The van der Waals surface area contributed by atoms with E-state index in [-0.39, 0.29) is 17.3 Å². The van der Waals surface area contributed by atoms with Gasteiger partial charge in [-0.1, -0.05) is 32.4 Å². The van der Waals surface area contributed by atoms with Crippen molar-refractivity contribution in [2.24, 2.45) is 5.92 Å². The largest absolute Gasteiger partial charge is 0.490 e. The molecule has 1 aromatic carbocycles. The number of hydrogen-bond acceptors (Lipinski definition) is 6. The normalized spacial score (nSPS) is 19.1. The molecule has 13 heteroatoms. The summed E-state index contributed by atoms with van der Waals surface area (Å²) in [5.41, 5.74) is 1.13. The van der Waals surface area contributed by atoms with Gasteiger partial charge in [0.15, 0.2) is 0 Å². The Morgan fingerprint density at radius 3 is 2.21 bits per heavy atom. The molecule has 222 valence electrons. The number of aliphatic carboxylic acids is 1. The molecule has 0 saturated carbocycles. The molecule has 1 unspecified atom stereocenters. The second-order valence-electron chi connectivity index (χ2n) is 10.4. The summed E-state index contributed by atoms with van der Waals surface area (Å²) < 4.78 is 60.3. The quantitative estimate of drug-likeness (QED) is 0.464. The number of carbonyl (C=O) groups excluding carboxylic acids is 1. The van der Waals surface area contributed by atoms with Crippen LogP contribution in [0.15, 0.2) is 29.2 Å². The third-order valence-corrected chi connectivity index (χ3v) is 8.67. The first kappa shape index (κ1) is 33.0. The Morgan fingerprint density at radius 2 is 1.69 bits per heavy atom. The summed E-state index contributed by atoms with van der Waals surface area (Å²) in [7, 11) is -3.75. The van der Waals surface area contributed by atoms with Crippen LogP contribution in [0, 0.1) is 5.92 Å². The van der Waals surface area contributed by atoms with Crippen LogP contribution in [0.1, 0.15) is 45.6 Å². The van der Waals surface area contributed by atoms with Gasteiger partial charge >= 0.3 is 12.1 Å². The van der Waals surface area contributed by atoms with Crippen LogP contribution in [-0.2, 0) is 26.0 Å². The van der Waals surface area contributed by atoms with Gasteiger partial charge < -0.3 is 15.3 Å². The predicted octanol–water partition coefficient (Wildman–Crippen LogP) is 2.82. The zero-order valence-electron chi connectivity index (χ0n) is 22.9. The van der Waals surface area contributed by atoms with Gasteiger partial charge in [-0.2, -0.15) is 17.5 Å². The number of halogens is 3. The second kappa shape index (κ2) is 15.0. The molecule has 0 spiro atoms. The molecule has 1 aromatic rings. The maximum absolute atomic E-state index is 13.6. The van der Waals surface area contributed by atoms with E-state index in [1.807, 2.05) is 12.1 Å². The zero-order valence-corrected chi connectivity index (χ0v) is 23.7. The number of rotatable bonds is 9. The lowest BCUT2D eigenvalue weighted by Gasteiger charge is -2.35. The number of hydrogen-bond donors (Lipinski definition) is 2. The van der Waals surface area contributed by atoms with Crippen molar-refractivity contribution in [2.75, 3.05) is 52.4 Å². The number of amides is 1. The lowest BCUT2D eigenvalue weighted by molar-refractivity contribution is -0.192. The Bertz CT molecular complexity index is 1030. The average molecular weight is 579 g/mol. The Morgan fingerprint density at radius 1 is 1.10 bits per heavy atom. The maximum Gasteiger partial charge on any atom is 0.490 e. The number of likely N-dealkylation sites (tertiary alicyclic amines) is 1. The summed E-state index contributed by atoms with van der Waals surface area (Å²) in [6.45, 7) is 11.1. The molecule has 2 aliphatic rings. The molecule has 0 aliphatic carbocycles. The van der Waals surface area contributed by atoms with Crippen LogP contribution >= 0.6 is 0 Å². The SMILES string of the molecule is CC(C)Cc1ccc(S(=O)(=O)N(CCN2CCCCC2C)CC(=O)N2CCNCC2)cc1.O=C(O)C(F)(F)F. The van der Waals surface area contributed by atoms with Crippen LogP contribution in [0.5, 0.6) is 0 Å². The summed E-state index contributed by atoms with van der Waals surface area (Å²) >= 11 is 0. The molecular formula is C26H41F3N4O5S. The third-order valence-electron chi connectivity index (χ3n) is 6.81. The molecule has 0 radical (unpaired) electrons. The summed E-state index contributed by atoms with van der Waals surface area (Å²) in [6.07, 6.45) is -0.653. The fourth-order valence-electron chi connectivity index (χ4n) is 4.60. The molecule has 2 saturated heterocycles. The van der Waals surface area contributed by atoms with E-state index in [9.17, 15) is 26.4 Å². The molecular weight excluding hydrogens is 537 g/mol. The lowest BCUT2D eigenvalue weighted by atomic mass is 10.0. The van der Waals surface area contributed by atoms with E-state index < -0.39 is 22.2 Å². The van der Waals surface area contributed by atoms with E-state index >= 15 is 0 Å². The standard InChI is InChI=1S/C24H40N4O3S.C2HF3O2/c1-20(2)18-22-7-9-23(10-8-22)32(30,31)28(17-16-26-13-5-4-6-21(26)3)19-24(29)27-14-11-25-12-15-27;3-2(4,5)1(6)7/h7-10,20-21,25H,4-6,11-19H2,1-3H3;(H,6,7). The predicted molar refractivity (Wildman–Crippen MR) is 142 cm³/mol. The molecule has 0 aromatic heterocycles. The number of piperidine rings is 1. The van der Waals surface area contributed by atoms with Crippen molar-refractivity contribution in [3.8, 4) is 0 Å². The number of piperazine rings is 1. The van der Waals surface area contributed by atoms with Gasteiger partial charge in [0.1, 0.15) is 0 Å². The lowest BCUT2D eigenvalue weighted by Crippen LogP contribution is -2.51. The highest BCUT2D eigenvalue weighted by Crippen LogP contribution is 2.20. The fourth-order valence-corrected chi connectivity index (χ4v) is 5.98. The van der Waals surface area contributed by atoms with Crippen LogP contribution in [0.25, 0.3) is 0 Å². The van der Waals surface area contributed by atoms with E-state index in [1.165, 1.54) is 10.7 Å². The van der Waals surface area contributed by atoms with Crippen LogP contribution < -0.4 is 5.32 Å². The van der Waals surface area contributed by atoms with Gasteiger partial charge in [-0.05, 0) is 56.3 Å².